The standard InChI is InChI=1S/C16H12F2N2O2S/c1-20-15-12(18)7-10(17)8-13(15)23-16(20)19-14(21)9-22-11-5-3-2-4-6-11/h2-8H,9H2,1H3. The zero-order valence-corrected chi connectivity index (χ0v) is 12.9. The van der Waals surface area contributed by atoms with Gasteiger partial charge < -0.3 is 9.30 Å². The molecule has 118 valence electrons. The fourth-order valence-corrected chi connectivity index (χ4v) is 3.18. The van der Waals surface area contributed by atoms with Crippen LogP contribution >= 0.6 is 11.3 Å². The number of nitrogens with zero attached hydrogens (tertiary/aromatic N) is 2. The monoisotopic (exact) mass is 334 g/mol. The number of ether oxygens (including phenoxy) is 1. The highest BCUT2D eigenvalue weighted by Crippen LogP contribution is 2.21. The van der Waals surface area contributed by atoms with Crippen LogP contribution in [0.5, 0.6) is 5.75 Å². The molecule has 0 aliphatic carbocycles. The molecule has 7 heteroatoms. The molecule has 0 spiro atoms. The van der Waals surface area contributed by atoms with Crippen LogP contribution in [0.3, 0.4) is 0 Å². The summed E-state index contributed by atoms with van der Waals surface area (Å²) < 4.78 is 34.2. The molecule has 0 unspecified atom stereocenters. The summed E-state index contributed by atoms with van der Waals surface area (Å²) in [4.78, 5) is 16.1. The van der Waals surface area contributed by atoms with Crippen molar-refractivity contribution in [1.82, 2.24) is 4.57 Å². The van der Waals surface area contributed by atoms with Gasteiger partial charge in [0.05, 0.1) is 10.2 Å². The predicted octanol–water partition coefficient (Wildman–Crippen LogP) is 3.02. The topological polar surface area (TPSA) is 43.6 Å². The molecule has 4 nitrogen and oxygen atoms in total. The number of carbonyl (C=O) groups is 1. The van der Waals surface area contributed by atoms with Gasteiger partial charge in [0.1, 0.15) is 11.6 Å². The number of para-hydroxylation sites is 1. The van der Waals surface area contributed by atoms with E-state index in [-0.39, 0.29) is 16.9 Å². The molecule has 3 aromatic rings. The molecule has 0 saturated carbocycles. The predicted molar refractivity (Wildman–Crippen MR) is 83.2 cm³/mol. The lowest BCUT2D eigenvalue weighted by Gasteiger charge is -2.02. The van der Waals surface area contributed by atoms with E-state index in [0.717, 1.165) is 17.4 Å². The second kappa shape index (κ2) is 6.29. The number of hydrogen-bond donors (Lipinski definition) is 0. The molecule has 2 aromatic carbocycles. The summed E-state index contributed by atoms with van der Waals surface area (Å²) in [6.45, 7) is -0.227. The molecule has 0 radical (unpaired) electrons. The van der Waals surface area contributed by atoms with Crippen molar-refractivity contribution in [3.05, 3.63) is 58.9 Å². The number of rotatable bonds is 3. The Hall–Kier alpha value is -2.54. The Labute approximate surface area is 134 Å². The van der Waals surface area contributed by atoms with E-state index in [1.54, 1.807) is 31.3 Å². The second-order valence-corrected chi connectivity index (χ2v) is 5.79. The fraction of sp³-hybridized carbons (Fsp3) is 0.125. The third-order valence-electron chi connectivity index (χ3n) is 3.14. The first-order chi connectivity index (χ1) is 11.0. The van der Waals surface area contributed by atoms with Crippen LogP contribution in [-0.2, 0) is 11.8 Å². The SMILES string of the molecule is Cn1c(=NC(=O)COc2ccccc2)sc2cc(F)cc(F)c21. The molecule has 23 heavy (non-hydrogen) atoms. The van der Waals surface area contributed by atoms with Crippen LogP contribution in [-0.4, -0.2) is 17.1 Å². The van der Waals surface area contributed by atoms with E-state index in [1.807, 2.05) is 6.07 Å². The highest BCUT2D eigenvalue weighted by Gasteiger charge is 2.11. The van der Waals surface area contributed by atoms with E-state index in [1.165, 1.54) is 10.6 Å². The smallest absolute Gasteiger partial charge is 0.286 e. The normalized spacial score (nSPS) is 11.9. The number of aromatic nitrogens is 1. The zero-order chi connectivity index (χ0) is 16.4. The molecule has 1 amide bonds. The van der Waals surface area contributed by atoms with E-state index >= 15 is 0 Å². The van der Waals surface area contributed by atoms with E-state index in [9.17, 15) is 13.6 Å². The maximum Gasteiger partial charge on any atom is 0.286 e. The van der Waals surface area contributed by atoms with Crippen molar-refractivity contribution in [3.8, 4) is 5.75 Å². The van der Waals surface area contributed by atoms with Gasteiger partial charge in [-0.2, -0.15) is 4.99 Å². The van der Waals surface area contributed by atoms with Gasteiger partial charge >= 0.3 is 0 Å². The maximum absolute atomic E-state index is 13.8. The molecule has 0 N–H and O–H groups in total. The van der Waals surface area contributed by atoms with E-state index < -0.39 is 17.5 Å². The molecular weight excluding hydrogens is 322 g/mol. The Morgan fingerprint density at radius 1 is 1.26 bits per heavy atom. The first-order valence-corrected chi connectivity index (χ1v) is 7.56. The van der Waals surface area contributed by atoms with Crippen LogP contribution < -0.4 is 9.54 Å². The van der Waals surface area contributed by atoms with Crippen LogP contribution in [0.2, 0.25) is 0 Å². The summed E-state index contributed by atoms with van der Waals surface area (Å²) in [5.41, 5.74) is 0.215. The van der Waals surface area contributed by atoms with Crippen LogP contribution in [0.15, 0.2) is 47.5 Å². The van der Waals surface area contributed by atoms with Crippen molar-refractivity contribution in [2.45, 2.75) is 0 Å². The Kier molecular flexibility index (Phi) is 4.20. The Bertz CT molecular complexity index is 932. The summed E-state index contributed by atoms with van der Waals surface area (Å²) in [7, 11) is 1.57. The number of halogens is 2. The summed E-state index contributed by atoms with van der Waals surface area (Å²) >= 11 is 1.04. The van der Waals surface area contributed by atoms with Gasteiger partial charge in [-0.25, -0.2) is 8.78 Å². The molecule has 3 rings (SSSR count). The van der Waals surface area contributed by atoms with Crippen molar-refractivity contribution >= 4 is 27.5 Å². The van der Waals surface area contributed by atoms with E-state index in [2.05, 4.69) is 4.99 Å². The number of hydrogen-bond acceptors (Lipinski definition) is 3. The van der Waals surface area contributed by atoms with Crippen LogP contribution in [0.1, 0.15) is 0 Å². The third-order valence-corrected chi connectivity index (χ3v) is 4.22. The summed E-state index contributed by atoms with van der Waals surface area (Å²) in [6.07, 6.45) is 0. The van der Waals surface area contributed by atoms with Gasteiger partial charge in [0.2, 0.25) is 0 Å². The van der Waals surface area contributed by atoms with Gasteiger partial charge in [0.25, 0.3) is 5.91 Å². The molecule has 1 heterocycles. The quantitative estimate of drug-likeness (QED) is 0.739. The number of thiazole rings is 1. The van der Waals surface area contributed by atoms with Gasteiger partial charge in [0, 0.05) is 13.1 Å². The number of amides is 1. The van der Waals surface area contributed by atoms with E-state index in [4.69, 9.17) is 4.74 Å². The highest BCUT2D eigenvalue weighted by atomic mass is 32.1. The van der Waals surface area contributed by atoms with Gasteiger partial charge in [0.15, 0.2) is 17.2 Å². The first-order valence-electron chi connectivity index (χ1n) is 6.74. The molecule has 1 aromatic heterocycles. The van der Waals surface area contributed by atoms with E-state index in [0.29, 0.717) is 10.4 Å². The third kappa shape index (κ3) is 3.29. The summed E-state index contributed by atoms with van der Waals surface area (Å²) in [5.74, 6) is -1.29. The van der Waals surface area contributed by atoms with Gasteiger partial charge in [-0.1, -0.05) is 29.5 Å². The molecule has 0 saturated heterocycles. The van der Waals surface area contributed by atoms with Crippen molar-refractivity contribution in [2.24, 2.45) is 12.0 Å². The summed E-state index contributed by atoms with van der Waals surface area (Å²) in [6, 6.07) is 10.9. The van der Waals surface area contributed by atoms with Gasteiger partial charge in [-0.3, -0.25) is 4.79 Å². The Morgan fingerprint density at radius 3 is 2.74 bits per heavy atom. The van der Waals surface area contributed by atoms with Crippen molar-refractivity contribution in [2.75, 3.05) is 6.61 Å². The molecule has 0 aliphatic rings. The van der Waals surface area contributed by atoms with Crippen molar-refractivity contribution in [1.29, 1.82) is 0 Å². The number of aryl methyl sites for hydroxylation is 1. The Morgan fingerprint density at radius 2 is 2.00 bits per heavy atom. The minimum atomic E-state index is -0.687. The number of carbonyl (C=O) groups excluding carboxylic acids is 1. The molecule has 0 aliphatic heterocycles. The number of benzene rings is 2. The summed E-state index contributed by atoms with van der Waals surface area (Å²) in [5, 5.41) is 0. The fourth-order valence-electron chi connectivity index (χ4n) is 2.11. The first kappa shape index (κ1) is 15.4. The van der Waals surface area contributed by atoms with Crippen LogP contribution in [0.4, 0.5) is 8.78 Å². The minimum Gasteiger partial charge on any atom is -0.484 e. The van der Waals surface area contributed by atoms with Crippen LogP contribution in [0, 0.1) is 11.6 Å². The van der Waals surface area contributed by atoms with Crippen molar-refractivity contribution in [3.63, 3.8) is 0 Å². The average Bonchev–Trinajstić information content (AvgIpc) is 2.82. The van der Waals surface area contributed by atoms with Crippen LogP contribution in [0.25, 0.3) is 10.2 Å². The van der Waals surface area contributed by atoms with Gasteiger partial charge in [-0.05, 0) is 18.2 Å². The lowest BCUT2D eigenvalue weighted by molar-refractivity contribution is -0.120. The largest absolute Gasteiger partial charge is 0.484 e. The zero-order valence-electron chi connectivity index (χ0n) is 12.1. The Balaban J connectivity index is 1.87. The molecule has 0 atom stereocenters. The lowest BCUT2D eigenvalue weighted by atomic mass is 10.3. The van der Waals surface area contributed by atoms with Gasteiger partial charge in [-0.15, -0.1) is 0 Å². The maximum atomic E-state index is 13.8. The highest BCUT2D eigenvalue weighted by molar-refractivity contribution is 7.16. The molecule has 0 bridgehead atoms. The lowest BCUT2D eigenvalue weighted by Crippen LogP contribution is -2.17. The second-order valence-electron chi connectivity index (χ2n) is 4.79. The number of fused-ring (bicyclic) bond motifs is 1. The minimum absolute atomic E-state index is 0.215. The molecule has 0 fully saturated rings. The van der Waals surface area contributed by atoms with Crippen molar-refractivity contribution < 1.29 is 18.3 Å². The average molecular weight is 334 g/mol. The molecular formula is C16H12F2N2O2S.